The van der Waals surface area contributed by atoms with Crippen LogP contribution >= 0.6 is 0 Å². The lowest BCUT2D eigenvalue weighted by molar-refractivity contribution is -0.136. The van der Waals surface area contributed by atoms with E-state index in [4.69, 9.17) is 4.74 Å². The van der Waals surface area contributed by atoms with Gasteiger partial charge in [-0.15, -0.1) is 0 Å². The van der Waals surface area contributed by atoms with Gasteiger partial charge in [-0.05, 0) is 6.92 Å². The van der Waals surface area contributed by atoms with Crippen LogP contribution in [0.4, 0.5) is 4.39 Å². The molecule has 3 atom stereocenters. The van der Waals surface area contributed by atoms with Crippen molar-refractivity contribution in [3.05, 3.63) is 32.6 Å². The smallest absolute Gasteiger partial charge is 0.330 e. The monoisotopic (exact) mass is 288 g/mol. The van der Waals surface area contributed by atoms with Crippen LogP contribution in [-0.2, 0) is 4.74 Å². The zero-order valence-electron chi connectivity index (χ0n) is 11.2. The molecule has 0 aliphatic carbocycles. The largest absolute Gasteiger partial charge is 0.393 e. The number of nitrogens with one attached hydrogen (secondary N) is 1. The summed E-state index contributed by atoms with van der Waals surface area (Å²) in [5, 5.41) is 18.7. The first-order valence-electron chi connectivity index (χ1n) is 6.22. The summed E-state index contributed by atoms with van der Waals surface area (Å²) >= 11 is 0. The highest BCUT2D eigenvalue weighted by Crippen LogP contribution is 2.42. The third-order valence-electron chi connectivity index (χ3n) is 3.89. The van der Waals surface area contributed by atoms with E-state index >= 15 is 0 Å². The van der Waals surface area contributed by atoms with Gasteiger partial charge in [0.25, 0.3) is 5.56 Å². The quantitative estimate of drug-likeness (QED) is 0.666. The highest BCUT2D eigenvalue weighted by atomic mass is 19.1. The predicted octanol–water partition coefficient (Wildman–Crippen LogP) is -0.929. The fourth-order valence-corrected chi connectivity index (χ4v) is 2.35. The van der Waals surface area contributed by atoms with Crippen LogP contribution in [0.15, 0.2) is 15.8 Å². The first-order valence-corrected chi connectivity index (χ1v) is 6.22. The van der Waals surface area contributed by atoms with Crippen LogP contribution in [0.5, 0.6) is 0 Å². The molecule has 1 aromatic heterocycles. The lowest BCUT2D eigenvalue weighted by Crippen LogP contribution is -2.43. The Labute approximate surface area is 113 Å². The number of aryl methyl sites for hydroxylation is 1. The Morgan fingerprint density at radius 3 is 2.55 bits per heavy atom. The van der Waals surface area contributed by atoms with Crippen LogP contribution in [0.3, 0.4) is 0 Å². The first-order chi connectivity index (χ1) is 9.36. The molecule has 3 N–H and O–H groups in total. The Hall–Kier alpha value is -1.51. The number of rotatable bonds is 3. The van der Waals surface area contributed by atoms with Crippen LogP contribution in [0.1, 0.15) is 18.7 Å². The number of aliphatic hydroxyl groups excluding tert-OH is 2. The van der Waals surface area contributed by atoms with Gasteiger partial charge in [-0.25, -0.2) is 9.18 Å². The molecule has 2 heterocycles. The lowest BCUT2D eigenvalue weighted by atomic mass is 9.89. The van der Waals surface area contributed by atoms with Crippen molar-refractivity contribution in [2.24, 2.45) is 5.92 Å². The van der Waals surface area contributed by atoms with Gasteiger partial charge in [-0.2, -0.15) is 0 Å². The minimum Gasteiger partial charge on any atom is -0.393 e. The molecule has 112 valence electrons. The van der Waals surface area contributed by atoms with Gasteiger partial charge in [0.2, 0.25) is 0 Å². The van der Waals surface area contributed by atoms with E-state index in [9.17, 15) is 24.2 Å². The lowest BCUT2D eigenvalue weighted by Gasteiger charge is -2.28. The highest BCUT2D eigenvalue weighted by molar-refractivity contribution is 5.04. The van der Waals surface area contributed by atoms with E-state index in [1.54, 1.807) is 0 Å². The second-order valence-electron chi connectivity index (χ2n) is 5.10. The summed E-state index contributed by atoms with van der Waals surface area (Å²) < 4.78 is 20.7. The second-order valence-corrected chi connectivity index (χ2v) is 5.10. The van der Waals surface area contributed by atoms with E-state index in [1.165, 1.54) is 20.0 Å². The van der Waals surface area contributed by atoms with E-state index in [2.05, 4.69) is 4.98 Å². The van der Waals surface area contributed by atoms with Crippen molar-refractivity contribution in [2.45, 2.75) is 31.8 Å². The van der Waals surface area contributed by atoms with E-state index in [0.717, 1.165) is 4.57 Å². The number of alkyl halides is 1. The molecular weight excluding hydrogens is 271 g/mol. The van der Waals surface area contributed by atoms with Crippen LogP contribution in [0.2, 0.25) is 0 Å². The number of hydrogen-bond acceptors (Lipinski definition) is 5. The van der Waals surface area contributed by atoms with Crippen LogP contribution in [0, 0.1) is 12.8 Å². The third kappa shape index (κ3) is 2.09. The Morgan fingerprint density at radius 2 is 2.05 bits per heavy atom. The molecule has 1 fully saturated rings. The van der Waals surface area contributed by atoms with Gasteiger partial charge >= 0.3 is 5.69 Å². The molecule has 20 heavy (non-hydrogen) atoms. The molecule has 0 amide bonds. The molecule has 0 bridgehead atoms. The number of aromatic amines is 1. The van der Waals surface area contributed by atoms with Crippen molar-refractivity contribution < 1.29 is 19.3 Å². The average molecular weight is 288 g/mol. The number of halogens is 1. The van der Waals surface area contributed by atoms with Crippen molar-refractivity contribution >= 4 is 0 Å². The molecule has 1 aliphatic heterocycles. The SMILES string of the molecule is Cc1cn([C@@H]2OC(CO)(CO)[C@@H](C)[C@H]2F)c(=O)[nH]c1=O. The van der Waals surface area contributed by atoms with Crippen molar-refractivity contribution in [1.29, 1.82) is 0 Å². The standard InChI is InChI=1S/C12H17FN2O5/c1-6-3-15(11(19)14-9(6)18)10-8(13)7(2)12(4-16,5-17)20-10/h3,7-8,10,16-17H,4-5H2,1-2H3,(H,14,18,19)/t7-,8+,10+/m0/s1. The maximum atomic E-state index is 14.3. The highest BCUT2D eigenvalue weighted by Gasteiger charge is 2.53. The molecule has 1 aromatic rings. The Bertz CT molecular complexity index is 607. The molecule has 1 aliphatic rings. The molecule has 0 spiro atoms. The number of H-pyrrole nitrogens is 1. The third-order valence-corrected chi connectivity index (χ3v) is 3.89. The topological polar surface area (TPSA) is 105 Å². The molecule has 0 aromatic carbocycles. The van der Waals surface area contributed by atoms with E-state index in [-0.39, 0.29) is 5.56 Å². The van der Waals surface area contributed by atoms with E-state index < -0.39 is 48.4 Å². The average Bonchev–Trinajstić information content (AvgIpc) is 2.68. The zero-order valence-corrected chi connectivity index (χ0v) is 11.2. The normalized spacial score (nSPS) is 28.8. The van der Waals surface area contributed by atoms with Crippen molar-refractivity contribution in [3.63, 3.8) is 0 Å². The summed E-state index contributed by atoms with van der Waals surface area (Å²) in [6.45, 7) is 1.82. The summed E-state index contributed by atoms with van der Waals surface area (Å²) in [4.78, 5) is 25.1. The number of aliphatic hydroxyl groups is 2. The summed E-state index contributed by atoms with van der Waals surface area (Å²) in [6.07, 6.45) is -1.69. The number of aromatic nitrogens is 2. The van der Waals surface area contributed by atoms with E-state index in [1.807, 2.05) is 0 Å². The van der Waals surface area contributed by atoms with Gasteiger partial charge < -0.3 is 14.9 Å². The molecule has 0 unspecified atom stereocenters. The Kier molecular flexibility index (Phi) is 3.81. The molecule has 8 heteroatoms. The summed E-state index contributed by atoms with van der Waals surface area (Å²) in [6, 6.07) is 0. The van der Waals surface area contributed by atoms with Gasteiger partial charge in [0.05, 0.1) is 13.2 Å². The minimum absolute atomic E-state index is 0.235. The molecule has 0 radical (unpaired) electrons. The van der Waals surface area contributed by atoms with Gasteiger partial charge in [0.1, 0.15) is 5.60 Å². The summed E-state index contributed by atoms with van der Waals surface area (Å²) in [7, 11) is 0. The van der Waals surface area contributed by atoms with Gasteiger partial charge in [0.15, 0.2) is 12.4 Å². The maximum absolute atomic E-state index is 14.3. The summed E-state index contributed by atoms with van der Waals surface area (Å²) in [5.41, 5.74) is -2.57. The number of nitrogens with zero attached hydrogens (tertiary/aromatic N) is 1. The Balaban J connectivity index is 2.47. The summed E-state index contributed by atoms with van der Waals surface area (Å²) in [5.74, 6) is -0.804. The van der Waals surface area contributed by atoms with Crippen LogP contribution < -0.4 is 11.2 Å². The molecule has 2 rings (SSSR count). The fraction of sp³-hybridized carbons (Fsp3) is 0.667. The number of ether oxygens (including phenoxy) is 1. The first kappa shape index (κ1) is 14.9. The van der Waals surface area contributed by atoms with Gasteiger partial charge in [-0.3, -0.25) is 14.3 Å². The minimum atomic E-state index is -1.60. The number of hydrogen-bond donors (Lipinski definition) is 3. The fourth-order valence-electron chi connectivity index (χ4n) is 2.35. The molecule has 1 saturated heterocycles. The second kappa shape index (κ2) is 5.12. The zero-order chi connectivity index (χ0) is 15.1. The molecular formula is C12H17FN2O5. The van der Waals surface area contributed by atoms with Crippen LogP contribution in [0.25, 0.3) is 0 Å². The predicted molar refractivity (Wildman–Crippen MR) is 67.1 cm³/mol. The van der Waals surface area contributed by atoms with Crippen LogP contribution in [-0.4, -0.2) is 44.8 Å². The molecule has 7 nitrogen and oxygen atoms in total. The van der Waals surface area contributed by atoms with E-state index in [0.29, 0.717) is 0 Å². The Morgan fingerprint density at radius 1 is 1.45 bits per heavy atom. The maximum Gasteiger partial charge on any atom is 0.330 e. The van der Waals surface area contributed by atoms with Gasteiger partial charge in [-0.1, -0.05) is 6.92 Å². The van der Waals surface area contributed by atoms with Crippen molar-refractivity contribution in [3.8, 4) is 0 Å². The van der Waals surface area contributed by atoms with Crippen molar-refractivity contribution in [1.82, 2.24) is 9.55 Å². The molecule has 0 saturated carbocycles. The van der Waals surface area contributed by atoms with Gasteiger partial charge in [0, 0.05) is 17.7 Å². The van der Waals surface area contributed by atoms with Crippen molar-refractivity contribution in [2.75, 3.05) is 13.2 Å².